The molecule has 8 nitrogen and oxygen atoms in total. The molecule has 0 bridgehead atoms. The highest BCUT2D eigenvalue weighted by Crippen LogP contribution is 2.25. The first-order chi connectivity index (χ1) is 11.5. The van der Waals surface area contributed by atoms with E-state index in [-0.39, 0.29) is 18.0 Å². The van der Waals surface area contributed by atoms with Crippen LogP contribution in [0.25, 0.3) is 5.65 Å². The summed E-state index contributed by atoms with van der Waals surface area (Å²) in [4.78, 5) is 17.6. The number of morpholine rings is 1. The number of aromatic nitrogens is 2. The average molecular weight is 333 g/mol. The number of nitro groups is 1. The monoisotopic (exact) mass is 333 g/mol. The van der Waals surface area contributed by atoms with Crippen molar-refractivity contribution in [2.45, 2.75) is 32.5 Å². The molecule has 0 spiro atoms. The summed E-state index contributed by atoms with van der Waals surface area (Å²) in [6, 6.07) is 5.33. The molecule has 1 N–H and O–H groups in total. The van der Waals surface area contributed by atoms with Crippen molar-refractivity contribution >= 4 is 17.3 Å². The highest BCUT2D eigenvalue weighted by Gasteiger charge is 2.23. The number of rotatable bonds is 6. The Hall–Kier alpha value is -2.19. The minimum atomic E-state index is -0.395. The van der Waals surface area contributed by atoms with Crippen LogP contribution in [0.1, 0.15) is 20.3 Å². The Kier molecular flexibility index (Phi) is 4.96. The fourth-order valence-corrected chi connectivity index (χ4v) is 3.25. The lowest BCUT2D eigenvalue weighted by molar-refractivity contribution is -0.389. The van der Waals surface area contributed by atoms with Gasteiger partial charge in [-0.2, -0.15) is 9.38 Å². The van der Waals surface area contributed by atoms with Gasteiger partial charge in [-0.15, -0.1) is 0 Å². The van der Waals surface area contributed by atoms with Crippen LogP contribution in [0.15, 0.2) is 24.4 Å². The molecule has 130 valence electrons. The Morgan fingerprint density at radius 2 is 2.12 bits per heavy atom. The Balaban J connectivity index is 1.58. The van der Waals surface area contributed by atoms with Gasteiger partial charge in [0.1, 0.15) is 0 Å². The van der Waals surface area contributed by atoms with E-state index in [0.29, 0.717) is 18.0 Å². The maximum atomic E-state index is 11.3. The maximum absolute atomic E-state index is 11.3. The topological polar surface area (TPSA) is 84.9 Å². The molecule has 3 heterocycles. The number of pyridine rings is 1. The first kappa shape index (κ1) is 16.7. The molecule has 0 unspecified atom stereocenters. The van der Waals surface area contributed by atoms with Crippen LogP contribution in [0.2, 0.25) is 0 Å². The van der Waals surface area contributed by atoms with E-state index < -0.39 is 4.92 Å². The van der Waals surface area contributed by atoms with Gasteiger partial charge in [0, 0.05) is 32.2 Å². The van der Waals surface area contributed by atoms with Gasteiger partial charge < -0.3 is 20.2 Å². The van der Waals surface area contributed by atoms with Gasteiger partial charge in [0.25, 0.3) is 0 Å². The van der Waals surface area contributed by atoms with Gasteiger partial charge in [0.15, 0.2) is 0 Å². The van der Waals surface area contributed by atoms with E-state index in [1.165, 1.54) is 4.40 Å². The summed E-state index contributed by atoms with van der Waals surface area (Å²) in [6.07, 6.45) is 3.05. The van der Waals surface area contributed by atoms with Crippen LogP contribution in [-0.4, -0.2) is 57.6 Å². The fraction of sp³-hybridized carbons (Fsp3) is 0.562. The zero-order valence-corrected chi connectivity index (χ0v) is 14.0. The second kappa shape index (κ2) is 7.14. The normalized spacial score (nSPS) is 21.9. The molecule has 0 aromatic carbocycles. The van der Waals surface area contributed by atoms with E-state index in [2.05, 4.69) is 29.0 Å². The first-order valence-corrected chi connectivity index (χ1v) is 8.27. The molecular weight excluding hydrogens is 310 g/mol. The van der Waals surface area contributed by atoms with Crippen LogP contribution in [0, 0.1) is 10.1 Å². The van der Waals surface area contributed by atoms with Crippen molar-refractivity contribution in [2.24, 2.45) is 0 Å². The van der Waals surface area contributed by atoms with Crippen LogP contribution < -0.4 is 5.32 Å². The molecule has 0 amide bonds. The molecule has 1 saturated heterocycles. The second-order valence-electron chi connectivity index (χ2n) is 6.27. The summed E-state index contributed by atoms with van der Waals surface area (Å²) >= 11 is 0. The number of anilines is 1. The summed E-state index contributed by atoms with van der Waals surface area (Å²) < 4.78 is 7.22. The number of hydrogen-bond acceptors (Lipinski definition) is 6. The Bertz CT molecular complexity index is 707. The summed E-state index contributed by atoms with van der Waals surface area (Å²) in [7, 11) is 0. The standard InChI is InChI=1S/C16H23N5O3/c1-12-10-19(11-13(2)24-12)8-5-7-17-15-16(21(22)23)20-9-4-3-6-14(20)18-15/h3-4,6,9,12-13,17H,5,7-8,10-11H2,1-2H3/t12-,13-/m1/s1. The predicted octanol–water partition coefficient (Wildman–Crippen LogP) is 2.15. The van der Waals surface area contributed by atoms with Crippen LogP contribution in [-0.2, 0) is 4.74 Å². The quantitative estimate of drug-likeness (QED) is 0.495. The zero-order chi connectivity index (χ0) is 17.1. The van der Waals surface area contributed by atoms with Crippen molar-refractivity contribution < 1.29 is 9.66 Å². The van der Waals surface area contributed by atoms with Crippen molar-refractivity contribution in [1.82, 2.24) is 14.3 Å². The Morgan fingerprint density at radius 1 is 1.38 bits per heavy atom. The van der Waals surface area contributed by atoms with E-state index in [4.69, 9.17) is 4.74 Å². The highest BCUT2D eigenvalue weighted by atomic mass is 16.6. The van der Waals surface area contributed by atoms with Crippen molar-refractivity contribution in [1.29, 1.82) is 0 Å². The summed E-state index contributed by atoms with van der Waals surface area (Å²) in [6.45, 7) is 7.61. The van der Waals surface area contributed by atoms with Gasteiger partial charge in [0.2, 0.25) is 11.5 Å². The van der Waals surface area contributed by atoms with Gasteiger partial charge >= 0.3 is 5.82 Å². The molecule has 3 rings (SSSR count). The highest BCUT2D eigenvalue weighted by molar-refractivity contribution is 5.62. The lowest BCUT2D eigenvalue weighted by atomic mass is 10.2. The molecule has 2 aromatic rings. The van der Waals surface area contributed by atoms with E-state index in [9.17, 15) is 10.1 Å². The number of ether oxygens (including phenoxy) is 1. The summed E-state index contributed by atoms with van der Waals surface area (Å²) in [5.41, 5.74) is 0.572. The van der Waals surface area contributed by atoms with Gasteiger partial charge in [-0.3, -0.25) is 4.90 Å². The molecule has 1 aliphatic heterocycles. The predicted molar refractivity (Wildman–Crippen MR) is 91.4 cm³/mol. The summed E-state index contributed by atoms with van der Waals surface area (Å²) in [5, 5.41) is 14.4. The van der Waals surface area contributed by atoms with E-state index >= 15 is 0 Å². The third-order valence-corrected chi connectivity index (χ3v) is 4.12. The lowest BCUT2D eigenvalue weighted by Crippen LogP contribution is -2.45. The number of nitrogens with zero attached hydrogens (tertiary/aromatic N) is 4. The van der Waals surface area contributed by atoms with Gasteiger partial charge in [-0.25, -0.2) is 0 Å². The molecule has 2 aromatic heterocycles. The Morgan fingerprint density at radius 3 is 2.83 bits per heavy atom. The van der Waals surface area contributed by atoms with Gasteiger partial charge in [0.05, 0.1) is 18.4 Å². The van der Waals surface area contributed by atoms with Crippen LogP contribution in [0.4, 0.5) is 11.6 Å². The van der Waals surface area contributed by atoms with Gasteiger partial charge in [-0.05, 0) is 31.3 Å². The number of nitrogens with one attached hydrogen (secondary N) is 1. The molecule has 2 atom stereocenters. The van der Waals surface area contributed by atoms with Crippen molar-refractivity contribution in [3.8, 4) is 0 Å². The molecule has 1 aliphatic rings. The average Bonchev–Trinajstić information content (AvgIpc) is 2.89. The molecule has 0 aliphatic carbocycles. The van der Waals surface area contributed by atoms with E-state index in [0.717, 1.165) is 26.1 Å². The molecule has 0 saturated carbocycles. The minimum Gasteiger partial charge on any atom is -0.373 e. The van der Waals surface area contributed by atoms with E-state index in [1.807, 2.05) is 6.07 Å². The largest absolute Gasteiger partial charge is 0.373 e. The SMILES string of the molecule is C[C@@H]1CN(CCCNc2nc3ccccn3c2[N+](=O)[O-])C[C@@H](C)O1. The van der Waals surface area contributed by atoms with Crippen molar-refractivity contribution in [2.75, 3.05) is 31.5 Å². The maximum Gasteiger partial charge on any atom is 0.372 e. The smallest absolute Gasteiger partial charge is 0.372 e. The lowest BCUT2D eigenvalue weighted by Gasteiger charge is -2.35. The molecular formula is C16H23N5O3. The van der Waals surface area contributed by atoms with E-state index in [1.54, 1.807) is 18.3 Å². The second-order valence-corrected chi connectivity index (χ2v) is 6.27. The molecule has 0 radical (unpaired) electrons. The fourth-order valence-electron chi connectivity index (χ4n) is 3.25. The summed E-state index contributed by atoms with van der Waals surface area (Å²) in [5.74, 6) is 0.314. The Labute approximate surface area is 140 Å². The minimum absolute atomic E-state index is 0.0146. The molecule has 1 fully saturated rings. The van der Waals surface area contributed by atoms with Crippen LogP contribution >= 0.6 is 0 Å². The number of imidazole rings is 1. The zero-order valence-electron chi connectivity index (χ0n) is 14.0. The van der Waals surface area contributed by atoms with Crippen molar-refractivity contribution in [3.63, 3.8) is 0 Å². The third kappa shape index (κ3) is 3.65. The third-order valence-electron chi connectivity index (χ3n) is 4.12. The first-order valence-electron chi connectivity index (χ1n) is 8.27. The van der Waals surface area contributed by atoms with Crippen LogP contribution in [0.5, 0.6) is 0 Å². The van der Waals surface area contributed by atoms with Crippen molar-refractivity contribution in [3.05, 3.63) is 34.5 Å². The molecule has 24 heavy (non-hydrogen) atoms. The van der Waals surface area contributed by atoms with Crippen LogP contribution in [0.3, 0.4) is 0 Å². The molecule has 8 heteroatoms. The number of hydrogen-bond donors (Lipinski definition) is 1. The number of fused-ring (bicyclic) bond motifs is 1. The van der Waals surface area contributed by atoms with Gasteiger partial charge in [-0.1, -0.05) is 6.07 Å².